The van der Waals surface area contributed by atoms with Crippen LogP contribution in [0.3, 0.4) is 0 Å². The van der Waals surface area contributed by atoms with Crippen LogP contribution in [0, 0.1) is 10.8 Å². The number of allylic oxidation sites excluding steroid dienone is 3. The molecule has 3 N–H and O–H groups in total. The second-order valence-corrected chi connectivity index (χ2v) is 14.1. The molecule has 47 heavy (non-hydrogen) atoms. The summed E-state index contributed by atoms with van der Waals surface area (Å²) in [4.78, 5) is 32.3. The number of amides is 2. The van der Waals surface area contributed by atoms with Crippen molar-refractivity contribution >= 4 is 45.5 Å². The number of ether oxygens (including phenoxy) is 1. The molecule has 2 aromatic rings. The molecule has 1 aliphatic carbocycles. The molecule has 1 aliphatic heterocycles. The zero-order chi connectivity index (χ0) is 35.1. The van der Waals surface area contributed by atoms with Crippen LogP contribution in [0.5, 0.6) is 0 Å². The Labute approximate surface area is 281 Å². The number of nitrogens with zero attached hydrogens (tertiary/aromatic N) is 4. The normalized spacial score (nSPS) is 22.5. The van der Waals surface area contributed by atoms with Gasteiger partial charge in [0.15, 0.2) is 11.8 Å². The van der Waals surface area contributed by atoms with Crippen molar-refractivity contribution in [2.24, 2.45) is 5.41 Å². The maximum Gasteiger partial charge on any atom is 0.407 e. The minimum Gasteiger partial charge on any atom is -0.447 e. The van der Waals surface area contributed by atoms with Crippen molar-refractivity contribution in [2.45, 2.75) is 83.2 Å². The second-order valence-electron chi connectivity index (χ2n) is 12.8. The van der Waals surface area contributed by atoms with Crippen LogP contribution in [0.25, 0.3) is 11.4 Å². The molecule has 256 valence electrons. The van der Waals surface area contributed by atoms with Gasteiger partial charge in [0.1, 0.15) is 24.1 Å². The number of hydrogen-bond acceptors (Lipinski definition) is 6. The van der Waals surface area contributed by atoms with Crippen LogP contribution in [-0.2, 0) is 9.53 Å². The highest BCUT2D eigenvalue weighted by atomic mass is 79.9. The first kappa shape index (κ1) is 36.3. The molecule has 0 bridgehead atoms. The molecule has 4 rings (SSSR count). The first-order valence-electron chi connectivity index (χ1n) is 14.4. The number of alkyl carbamates (subject to hydrolysis) is 1. The Hall–Kier alpha value is -3.53. The Kier molecular flexibility index (Phi) is 10.2. The molecular weight excluding hydrogens is 717 g/mol. The van der Waals surface area contributed by atoms with Gasteiger partial charge in [-0.2, -0.15) is 18.6 Å². The lowest BCUT2D eigenvalue weighted by molar-refractivity contribution is -0.138. The maximum absolute atomic E-state index is 15.5. The number of carbonyl (C=O) groups is 2. The summed E-state index contributed by atoms with van der Waals surface area (Å²) in [5, 5.41) is 17.5. The summed E-state index contributed by atoms with van der Waals surface area (Å²) in [5.41, 5.74) is -6.52. The van der Waals surface area contributed by atoms with Crippen molar-refractivity contribution < 1.29 is 36.3 Å². The van der Waals surface area contributed by atoms with E-state index in [0.29, 0.717) is 4.68 Å². The van der Waals surface area contributed by atoms with Crippen LogP contribution < -0.4 is 10.6 Å². The number of aromatic nitrogens is 3. The van der Waals surface area contributed by atoms with Crippen molar-refractivity contribution in [2.75, 3.05) is 6.61 Å². The molecule has 10 nitrogen and oxygen atoms in total. The number of benzene rings is 1. The maximum atomic E-state index is 15.5. The van der Waals surface area contributed by atoms with Gasteiger partial charge in [0.2, 0.25) is 0 Å². The van der Waals surface area contributed by atoms with E-state index < -0.39 is 65.7 Å². The first-order chi connectivity index (χ1) is 21.7. The van der Waals surface area contributed by atoms with Crippen molar-refractivity contribution in [1.82, 2.24) is 30.3 Å². The van der Waals surface area contributed by atoms with Crippen molar-refractivity contribution in [3.8, 4) is 11.4 Å². The Bertz CT molecular complexity index is 1610. The summed E-state index contributed by atoms with van der Waals surface area (Å²) in [7, 11) is 0. The Morgan fingerprint density at radius 1 is 1.26 bits per heavy atom. The van der Waals surface area contributed by atoms with Gasteiger partial charge in [0.05, 0.1) is 16.6 Å². The summed E-state index contributed by atoms with van der Waals surface area (Å²) >= 11 is 9.78. The van der Waals surface area contributed by atoms with Gasteiger partial charge in [-0.1, -0.05) is 58.7 Å². The first-order valence-corrected chi connectivity index (χ1v) is 15.5. The van der Waals surface area contributed by atoms with Gasteiger partial charge in [0, 0.05) is 21.9 Å². The van der Waals surface area contributed by atoms with E-state index in [1.54, 1.807) is 19.1 Å². The van der Waals surface area contributed by atoms with E-state index in [2.05, 4.69) is 36.6 Å². The SMILES string of the molecule is CC(C)(F)C[C@]1(C2(C)C=CC(Br)=CC2)NC(=N)N([C@H](COC(=O)NC(C)(C)C(F)F)c2ccc(Cl)c(-c3ncnn3C(F)F)c2)C1=O. The van der Waals surface area contributed by atoms with Gasteiger partial charge >= 0.3 is 12.6 Å². The number of rotatable bonds is 11. The average Bonchev–Trinajstić information content (AvgIpc) is 3.54. The molecule has 3 atom stereocenters. The Morgan fingerprint density at radius 3 is 2.51 bits per heavy atom. The highest BCUT2D eigenvalue weighted by molar-refractivity contribution is 9.11. The van der Waals surface area contributed by atoms with Gasteiger partial charge in [-0.05, 0) is 51.8 Å². The van der Waals surface area contributed by atoms with Crippen LogP contribution in [0.1, 0.15) is 65.6 Å². The number of guanidine groups is 1. The minimum absolute atomic E-state index is 0.00793. The van der Waals surface area contributed by atoms with Gasteiger partial charge < -0.3 is 15.4 Å². The predicted molar refractivity (Wildman–Crippen MR) is 168 cm³/mol. The summed E-state index contributed by atoms with van der Waals surface area (Å²) in [6, 6.07) is 2.74. The zero-order valence-corrected chi connectivity index (χ0v) is 28.4. The topological polar surface area (TPSA) is 125 Å². The molecular formula is C30H34BrClF5N7O3. The average molecular weight is 751 g/mol. The Balaban J connectivity index is 1.83. The fraction of sp³-hybridized carbons (Fsp3) is 0.500. The standard InChI is InChI=1S/C30H34BrClF5N7O3/c1-27(2,37)14-30(29(5)10-8-17(31)9-11-29)23(45)43(25(38)41-30)20(13-47-26(46)42-28(3,4)22(33)34)16-6-7-19(32)18(12-16)21-39-15-40-44(21)24(35)36/h6-10,12,15,20,22,24H,11,13-14H2,1-5H3,(H2,38,41)(H,42,46)/t20-,29?,30+/m1/s1. The van der Waals surface area contributed by atoms with Gasteiger partial charge in [0.25, 0.3) is 12.3 Å². The molecule has 2 aliphatic rings. The lowest BCUT2D eigenvalue weighted by Gasteiger charge is -2.45. The highest BCUT2D eigenvalue weighted by Gasteiger charge is 2.62. The van der Waals surface area contributed by atoms with E-state index >= 15 is 4.39 Å². The lowest BCUT2D eigenvalue weighted by Crippen LogP contribution is -2.61. The third-order valence-corrected chi connectivity index (χ3v) is 9.09. The van der Waals surface area contributed by atoms with Gasteiger partial charge in [-0.3, -0.25) is 15.1 Å². The number of alkyl halides is 5. The molecule has 0 spiro atoms. The molecule has 1 aromatic carbocycles. The van der Waals surface area contributed by atoms with Crippen LogP contribution in [0.4, 0.5) is 26.7 Å². The number of hydrogen-bond donors (Lipinski definition) is 3. The van der Waals surface area contributed by atoms with Crippen LogP contribution in [0.2, 0.25) is 5.02 Å². The third kappa shape index (κ3) is 7.32. The second kappa shape index (κ2) is 13.2. The zero-order valence-electron chi connectivity index (χ0n) is 26.1. The van der Waals surface area contributed by atoms with Crippen molar-refractivity contribution in [3.05, 3.63) is 57.8 Å². The summed E-state index contributed by atoms with van der Waals surface area (Å²) in [5.74, 6) is -1.51. The molecule has 1 fully saturated rings. The van der Waals surface area contributed by atoms with E-state index in [0.717, 1.165) is 29.6 Å². The molecule has 0 saturated carbocycles. The third-order valence-electron chi connectivity index (χ3n) is 8.18. The van der Waals surface area contributed by atoms with E-state index in [-0.39, 0.29) is 34.8 Å². The number of halogens is 7. The molecule has 1 unspecified atom stereocenters. The minimum atomic E-state index is -3.08. The molecule has 0 radical (unpaired) electrons. The van der Waals surface area contributed by atoms with Crippen molar-refractivity contribution in [1.29, 1.82) is 5.41 Å². The monoisotopic (exact) mass is 749 g/mol. The van der Waals surface area contributed by atoms with E-state index in [1.807, 2.05) is 6.08 Å². The summed E-state index contributed by atoms with van der Waals surface area (Å²) in [6.07, 6.45) is 1.90. The molecule has 1 saturated heterocycles. The Morgan fingerprint density at radius 2 is 1.94 bits per heavy atom. The summed E-state index contributed by atoms with van der Waals surface area (Å²) < 4.78 is 76.3. The van der Waals surface area contributed by atoms with E-state index in [4.69, 9.17) is 21.7 Å². The molecule has 2 heterocycles. The fourth-order valence-electron chi connectivity index (χ4n) is 5.62. The number of nitrogens with one attached hydrogen (secondary N) is 3. The lowest BCUT2D eigenvalue weighted by atomic mass is 9.63. The van der Waals surface area contributed by atoms with E-state index in [1.165, 1.54) is 32.0 Å². The predicted octanol–water partition coefficient (Wildman–Crippen LogP) is 7.29. The van der Waals surface area contributed by atoms with Crippen molar-refractivity contribution in [3.63, 3.8) is 0 Å². The molecule has 1 aromatic heterocycles. The van der Waals surface area contributed by atoms with Crippen LogP contribution in [-0.4, -0.2) is 67.4 Å². The summed E-state index contributed by atoms with van der Waals surface area (Å²) in [6.45, 7) is 2.77. The smallest absolute Gasteiger partial charge is 0.407 e. The van der Waals surface area contributed by atoms with E-state index in [9.17, 15) is 27.2 Å². The van der Waals surface area contributed by atoms with Crippen LogP contribution in [0.15, 0.2) is 47.2 Å². The number of carbonyl (C=O) groups excluding carboxylic acids is 2. The largest absolute Gasteiger partial charge is 0.447 e. The molecule has 2 amide bonds. The van der Waals surface area contributed by atoms with Gasteiger partial charge in [-0.25, -0.2) is 22.9 Å². The quantitative estimate of drug-likeness (QED) is 0.207. The van der Waals surface area contributed by atoms with Gasteiger partial charge in [-0.15, -0.1) is 0 Å². The molecule has 17 heteroatoms. The highest BCUT2D eigenvalue weighted by Crippen LogP contribution is 2.49. The van der Waals surface area contributed by atoms with Crippen LogP contribution >= 0.6 is 27.5 Å². The fourth-order valence-corrected chi connectivity index (χ4v) is 6.12.